The minimum Gasteiger partial charge on any atom is -0.242 e. The van der Waals surface area contributed by atoms with Crippen molar-refractivity contribution < 1.29 is 4.39 Å². The van der Waals surface area contributed by atoms with E-state index in [1.807, 2.05) is 0 Å². The average Bonchev–Trinajstić information content (AvgIpc) is 1.95. The van der Waals surface area contributed by atoms with Crippen molar-refractivity contribution in [1.82, 2.24) is 4.98 Å². The molecule has 1 aromatic rings. The first-order valence-corrected chi connectivity index (χ1v) is 3.24. The van der Waals surface area contributed by atoms with E-state index in [-0.39, 0.29) is 10.2 Å². The number of nitriles is 1. The zero-order valence-corrected chi connectivity index (χ0v) is 6.39. The molecule has 1 heterocycles. The van der Waals surface area contributed by atoms with E-state index in [1.165, 1.54) is 6.07 Å². The number of halogens is 2. The van der Waals surface area contributed by atoms with E-state index < -0.39 is 5.82 Å². The van der Waals surface area contributed by atoms with Crippen molar-refractivity contribution in [2.24, 2.45) is 0 Å². The van der Waals surface area contributed by atoms with Crippen LogP contribution in [0.15, 0.2) is 16.7 Å². The molecule has 0 aromatic carbocycles. The molecular formula is C6H2BrFN2. The first-order chi connectivity index (χ1) is 4.74. The van der Waals surface area contributed by atoms with Gasteiger partial charge < -0.3 is 0 Å². The molecule has 0 unspecified atom stereocenters. The number of hydrogen-bond acceptors (Lipinski definition) is 2. The number of nitrogens with zero attached hydrogens (tertiary/aromatic N) is 2. The van der Waals surface area contributed by atoms with Crippen LogP contribution in [0.1, 0.15) is 5.69 Å². The van der Waals surface area contributed by atoms with Gasteiger partial charge in [0.05, 0.1) is 10.7 Å². The quantitative estimate of drug-likeness (QED) is 0.642. The SMILES string of the molecule is N#Cc1cc(Br)c(F)cn1. The molecule has 50 valence electrons. The molecule has 0 aliphatic carbocycles. The summed E-state index contributed by atoms with van der Waals surface area (Å²) in [6.07, 6.45) is 1.00. The highest BCUT2D eigenvalue weighted by atomic mass is 79.9. The number of pyridine rings is 1. The highest BCUT2D eigenvalue weighted by molar-refractivity contribution is 9.10. The molecule has 0 atom stereocenters. The van der Waals surface area contributed by atoms with Crippen molar-refractivity contribution in [3.8, 4) is 6.07 Å². The van der Waals surface area contributed by atoms with Gasteiger partial charge in [0.1, 0.15) is 11.8 Å². The van der Waals surface area contributed by atoms with Gasteiger partial charge in [-0.2, -0.15) is 5.26 Å². The van der Waals surface area contributed by atoms with Gasteiger partial charge in [0.15, 0.2) is 5.82 Å². The molecule has 0 aliphatic rings. The largest absolute Gasteiger partial charge is 0.242 e. The van der Waals surface area contributed by atoms with E-state index in [1.54, 1.807) is 6.07 Å². The van der Waals surface area contributed by atoms with Gasteiger partial charge in [-0.15, -0.1) is 0 Å². The minimum atomic E-state index is -0.459. The summed E-state index contributed by atoms with van der Waals surface area (Å²) in [5.41, 5.74) is 0.202. The minimum absolute atomic E-state index is 0.202. The van der Waals surface area contributed by atoms with E-state index in [2.05, 4.69) is 20.9 Å². The number of aromatic nitrogens is 1. The van der Waals surface area contributed by atoms with Crippen LogP contribution >= 0.6 is 15.9 Å². The summed E-state index contributed by atoms with van der Waals surface area (Å²) in [7, 11) is 0. The molecule has 0 spiro atoms. The molecule has 4 heteroatoms. The van der Waals surface area contributed by atoms with Crippen LogP contribution in [0.3, 0.4) is 0 Å². The second-order valence-corrected chi connectivity index (χ2v) is 2.45. The second-order valence-electron chi connectivity index (χ2n) is 1.60. The first kappa shape index (κ1) is 7.16. The Bertz CT molecular complexity index is 292. The third-order valence-corrected chi connectivity index (χ3v) is 1.53. The molecule has 1 rings (SSSR count). The van der Waals surface area contributed by atoms with Crippen LogP contribution in [0.5, 0.6) is 0 Å². The first-order valence-electron chi connectivity index (χ1n) is 2.45. The second kappa shape index (κ2) is 2.76. The number of hydrogen-bond donors (Lipinski definition) is 0. The van der Waals surface area contributed by atoms with Crippen LogP contribution in [0, 0.1) is 17.1 Å². The van der Waals surface area contributed by atoms with Crippen LogP contribution in [0.4, 0.5) is 4.39 Å². The average molecular weight is 201 g/mol. The maximum Gasteiger partial charge on any atom is 0.155 e. The lowest BCUT2D eigenvalue weighted by atomic mass is 10.4. The summed E-state index contributed by atoms with van der Waals surface area (Å²) >= 11 is 2.92. The lowest BCUT2D eigenvalue weighted by Crippen LogP contribution is -1.84. The topological polar surface area (TPSA) is 36.7 Å². The molecule has 0 bridgehead atoms. The monoisotopic (exact) mass is 200 g/mol. The summed E-state index contributed by atoms with van der Waals surface area (Å²) in [4.78, 5) is 3.49. The zero-order chi connectivity index (χ0) is 7.56. The van der Waals surface area contributed by atoms with E-state index in [0.29, 0.717) is 0 Å². The molecule has 1 aromatic heterocycles. The Kier molecular flexibility index (Phi) is 1.97. The molecule has 0 aliphatic heterocycles. The van der Waals surface area contributed by atoms with Gasteiger partial charge in [-0.1, -0.05) is 0 Å². The van der Waals surface area contributed by atoms with E-state index >= 15 is 0 Å². The third-order valence-electron chi connectivity index (χ3n) is 0.923. The third kappa shape index (κ3) is 1.31. The normalized spacial score (nSPS) is 8.90. The van der Waals surface area contributed by atoms with Crippen molar-refractivity contribution in [2.75, 3.05) is 0 Å². The lowest BCUT2D eigenvalue weighted by molar-refractivity contribution is 0.614. The molecule has 0 N–H and O–H groups in total. The highest BCUT2D eigenvalue weighted by Crippen LogP contribution is 2.13. The van der Waals surface area contributed by atoms with Gasteiger partial charge in [-0.25, -0.2) is 9.37 Å². The number of rotatable bonds is 0. The fourth-order valence-corrected chi connectivity index (χ4v) is 0.794. The Labute approximate surface area is 65.4 Å². The molecule has 0 saturated carbocycles. The van der Waals surface area contributed by atoms with Gasteiger partial charge >= 0.3 is 0 Å². The Hall–Kier alpha value is -0.950. The summed E-state index contributed by atoms with van der Waals surface area (Å²) in [6, 6.07) is 3.12. The predicted octanol–water partition coefficient (Wildman–Crippen LogP) is 1.85. The smallest absolute Gasteiger partial charge is 0.155 e. The van der Waals surface area contributed by atoms with Crippen molar-refractivity contribution >= 4 is 15.9 Å². The van der Waals surface area contributed by atoms with Crippen LogP contribution in [-0.4, -0.2) is 4.98 Å². The summed E-state index contributed by atoms with van der Waals surface area (Å²) in [5.74, 6) is -0.459. The molecule has 0 amide bonds. The van der Waals surface area contributed by atoms with E-state index in [0.717, 1.165) is 6.20 Å². The van der Waals surface area contributed by atoms with Gasteiger partial charge in [0, 0.05) is 0 Å². The van der Waals surface area contributed by atoms with Crippen molar-refractivity contribution in [3.63, 3.8) is 0 Å². The summed E-state index contributed by atoms with van der Waals surface area (Å²) in [6.45, 7) is 0. The van der Waals surface area contributed by atoms with Crippen molar-refractivity contribution in [1.29, 1.82) is 5.26 Å². The summed E-state index contributed by atoms with van der Waals surface area (Å²) in [5, 5.41) is 8.30. The standard InChI is InChI=1S/C6H2BrFN2/c7-5-1-4(2-9)10-3-6(5)8/h1,3H. The Morgan fingerprint density at radius 2 is 2.40 bits per heavy atom. The fourth-order valence-electron chi connectivity index (χ4n) is 0.475. The molecule has 0 saturated heterocycles. The van der Waals surface area contributed by atoms with Crippen LogP contribution in [0.25, 0.3) is 0 Å². The lowest BCUT2D eigenvalue weighted by Gasteiger charge is -1.90. The van der Waals surface area contributed by atoms with Crippen molar-refractivity contribution in [2.45, 2.75) is 0 Å². The Balaban J connectivity index is 3.20. The Morgan fingerprint density at radius 1 is 1.70 bits per heavy atom. The van der Waals surface area contributed by atoms with Gasteiger partial charge in [-0.3, -0.25) is 0 Å². The Morgan fingerprint density at radius 3 is 2.90 bits per heavy atom. The molecule has 2 nitrogen and oxygen atoms in total. The van der Waals surface area contributed by atoms with Crippen LogP contribution in [0.2, 0.25) is 0 Å². The molecule has 0 fully saturated rings. The summed E-state index contributed by atoms with van der Waals surface area (Å²) < 4.78 is 12.7. The van der Waals surface area contributed by atoms with E-state index in [4.69, 9.17) is 5.26 Å². The molecule has 10 heavy (non-hydrogen) atoms. The van der Waals surface area contributed by atoms with Crippen LogP contribution in [-0.2, 0) is 0 Å². The zero-order valence-electron chi connectivity index (χ0n) is 4.81. The molecular weight excluding hydrogens is 199 g/mol. The maximum atomic E-state index is 12.4. The highest BCUT2D eigenvalue weighted by Gasteiger charge is 1.99. The van der Waals surface area contributed by atoms with Crippen molar-refractivity contribution in [3.05, 3.63) is 28.2 Å². The van der Waals surface area contributed by atoms with E-state index in [9.17, 15) is 4.39 Å². The molecule has 0 radical (unpaired) electrons. The fraction of sp³-hybridized carbons (Fsp3) is 0. The van der Waals surface area contributed by atoms with Crippen LogP contribution < -0.4 is 0 Å². The maximum absolute atomic E-state index is 12.4. The predicted molar refractivity (Wildman–Crippen MR) is 36.6 cm³/mol. The van der Waals surface area contributed by atoms with Gasteiger partial charge in [0.2, 0.25) is 0 Å². The van der Waals surface area contributed by atoms with Gasteiger partial charge in [-0.05, 0) is 22.0 Å². The van der Waals surface area contributed by atoms with Gasteiger partial charge in [0.25, 0.3) is 0 Å².